The van der Waals surface area contributed by atoms with Crippen LogP contribution in [0, 0.1) is 0 Å². The van der Waals surface area contributed by atoms with E-state index in [-0.39, 0.29) is 5.92 Å². The lowest BCUT2D eigenvalue weighted by Crippen LogP contribution is -2.15. The first-order valence-corrected chi connectivity index (χ1v) is 6.42. The molecule has 1 heterocycles. The largest absolute Gasteiger partial charge is 0.366 e. The molecule has 0 aliphatic heterocycles. The minimum atomic E-state index is -0.458. The fourth-order valence-corrected chi connectivity index (χ4v) is 2.15. The van der Waals surface area contributed by atoms with Crippen LogP contribution in [0.3, 0.4) is 0 Å². The maximum absolute atomic E-state index is 11.5. The Morgan fingerprint density at radius 3 is 2.58 bits per heavy atom. The number of pyridine rings is 1. The van der Waals surface area contributed by atoms with Crippen molar-refractivity contribution in [1.29, 1.82) is 0 Å². The van der Waals surface area contributed by atoms with Crippen molar-refractivity contribution in [2.75, 3.05) is 0 Å². The number of benzene rings is 1. The van der Waals surface area contributed by atoms with Crippen LogP contribution in [-0.2, 0) is 0 Å². The summed E-state index contributed by atoms with van der Waals surface area (Å²) < 4.78 is 0. The Hall–Kier alpha value is -1.87. The number of hydrogen-bond donors (Lipinski definition) is 1. The molecule has 1 aromatic carbocycles. The predicted octanol–water partition coefficient (Wildman–Crippen LogP) is 3.62. The summed E-state index contributed by atoms with van der Waals surface area (Å²) in [5.41, 5.74) is 8.36. The van der Waals surface area contributed by atoms with Crippen molar-refractivity contribution in [2.24, 2.45) is 5.73 Å². The molecule has 2 N–H and O–H groups in total. The molecule has 0 fully saturated rings. The van der Waals surface area contributed by atoms with E-state index in [9.17, 15) is 4.79 Å². The molecule has 1 aromatic heterocycles. The minimum Gasteiger partial charge on any atom is -0.366 e. The van der Waals surface area contributed by atoms with Crippen LogP contribution in [0.25, 0.3) is 11.1 Å². The SMILES string of the molecule is CC(C)c1ncc(-c2cccc(Cl)c2)cc1C(N)=O. The number of primary amides is 1. The van der Waals surface area contributed by atoms with E-state index in [2.05, 4.69) is 4.98 Å². The number of amides is 1. The Labute approximate surface area is 117 Å². The van der Waals surface area contributed by atoms with Gasteiger partial charge in [-0.2, -0.15) is 0 Å². The second-order valence-electron chi connectivity index (χ2n) is 4.69. The van der Waals surface area contributed by atoms with Crippen molar-refractivity contribution >= 4 is 17.5 Å². The van der Waals surface area contributed by atoms with E-state index < -0.39 is 5.91 Å². The Morgan fingerprint density at radius 2 is 2.00 bits per heavy atom. The number of carbonyl (C=O) groups is 1. The van der Waals surface area contributed by atoms with Crippen LogP contribution in [0.5, 0.6) is 0 Å². The van der Waals surface area contributed by atoms with E-state index in [1.807, 2.05) is 32.0 Å². The Bertz CT molecular complexity index is 623. The van der Waals surface area contributed by atoms with Gasteiger partial charge in [-0.05, 0) is 29.7 Å². The van der Waals surface area contributed by atoms with Crippen LogP contribution in [0.1, 0.15) is 35.8 Å². The molecule has 0 aliphatic rings. The molecule has 0 saturated carbocycles. The maximum Gasteiger partial charge on any atom is 0.250 e. The third-order valence-corrected chi connectivity index (χ3v) is 3.12. The molecular formula is C15H15ClN2O. The molecule has 1 amide bonds. The van der Waals surface area contributed by atoms with Crippen LogP contribution in [0.15, 0.2) is 36.5 Å². The van der Waals surface area contributed by atoms with Crippen molar-refractivity contribution in [2.45, 2.75) is 19.8 Å². The molecule has 2 rings (SSSR count). The molecule has 0 radical (unpaired) electrons. The quantitative estimate of drug-likeness (QED) is 0.929. The van der Waals surface area contributed by atoms with Gasteiger partial charge in [-0.3, -0.25) is 9.78 Å². The lowest BCUT2D eigenvalue weighted by atomic mass is 9.99. The molecule has 3 nitrogen and oxygen atoms in total. The van der Waals surface area contributed by atoms with Gasteiger partial charge >= 0.3 is 0 Å². The molecule has 0 saturated heterocycles. The first kappa shape index (κ1) is 13.6. The smallest absolute Gasteiger partial charge is 0.250 e. The molecule has 0 unspecified atom stereocenters. The third-order valence-electron chi connectivity index (χ3n) is 2.89. The highest BCUT2D eigenvalue weighted by atomic mass is 35.5. The highest BCUT2D eigenvalue weighted by Gasteiger charge is 2.14. The van der Waals surface area contributed by atoms with Crippen LogP contribution >= 0.6 is 11.6 Å². The van der Waals surface area contributed by atoms with Gasteiger partial charge in [0.1, 0.15) is 0 Å². The van der Waals surface area contributed by atoms with Crippen LogP contribution < -0.4 is 5.73 Å². The highest BCUT2D eigenvalue weighted by Crippen LogP contribution is 2.26. The van der Waals surface area contributed by atoms with Crippen LogP contribution in [0.2, 0.25) is 5.02 Å². The van der Waals surface area contributed by atoms with E-state index in [1.54, 1.807) is 18.3 Å². The summed E-state index contributed by atoms with van der Waals surface area (Å²) in [7, 11) is 0. The molecule has 19 heavy (non-hydrogen) atoms. The number of aromatic nitrogens is 1. The molecule has 4 heteroatoms. The molecular weight excluding hydrogens is 260 g/mol. The standard InChI is InChI=1S/C15H15ClN2O/c1-9(2)14-13(15(17)19)7-11(8-18-14)10-4-3-5-12(16)6-10/h3-9H,1-2H3,(H2,17,19). The van der Waals surface area contributed by atoms with Gasteiger partial charge in [0, 0.05) is 16.8 Å². The average molecular weight is 275 g/mol. The third kappa shape index (κ3) is 2.93. The van der Waals surface area contributed by atoms with Gasteiger partial charge in [0.05, 0.1) is 11.3 Å². The number of hydrogen-bond acceptors (Lipinski definition) is 2. The monoisotopic (exact) mass is 274 g/mol. The first-order chi connectivity index (χ1) is 8.99. The maximum atomic E-state index is 11.5. The summed E-state index contributed by atoms with van der Waals surface area (Å²) in [6.07, 6.45) is 1.74. The Kier molecular flexibility index (Phi) is 3.86. The molecule has 0 bridgehead atoms. The zero-order valence-electron chi connectivity index (χ0n) is 10.9. The van der Waals surface area contributed by atoms with Crippen molar-refractivity contribution in [1.82, 2.24) is 4.98 Å². The molecule has 0 spiro atoms. The van der Waals surface area contributed by atoms with Gasteiger partial charge in [-0.15, -0.1) is 0 Å². The summed E-state index contributed by atoms with van der Waals surface area (Å²) in [5.74, 6) is -0.309. The van der Waals surface area contributed by atoms with E-state index in [1.165, 1.54) is 0 Å². The van der Waals surface area contributed by atoms with Gasteiger partial charge in [0.2, 0.25) is 0 Å². The number of carbonyl (C=O) groups excluding carboxylic acids is 1. The summed E-state index contributed by atoms with van der Waals surface area (Å²) in [4.78, 5) is 15.9. The minimum absolute atomic E-state index is 0.149. The van der Waals surface area contributed by atoms with Gasteiger partial charge in [-0.25, -0.2) is 0 Å². The molecule has 0 atom stereocenters. The van der Waals surface area contributed by atoms with Crippen LogP contribution in [0.4, 0.5) is 0 Å². The lowest BCUT2D eigenvalue weighted by molar-refractivity contribution is 0.0998. The van der Waals surface area contributed by atoms with Gasteiger partial charge in [-0.1, -0.05) is 37.6 Å². The summed E-state index contributed by atoms with van der Waals surface area (Å²) in [5, 5.41) is 0.645. The zero-order chi connectivity index (χ0) is 14.0. The van der Waals surface area contributed by atoms with Crippen LogP contribution in [-0.4, -0.2) is 10.9 Å². The number of halogens is 1. The second kappa shape index (κ2) is 5.41. The number of nitrogens with two attached hydrogens (primary N) is 1. The first-order valence-electron chi connectivity index (χ1n) is 6.04. The Balaban J connectivity index is 2.55. The zero-order valence-corrected chi connectivity index (χ0v) is 11.6. The van der Waals surface area contributed by atoms with Gasteiger partial charge in [0.15, 0.2) is 0 Å². The second-order valence-corrected chi connectivity index (χ2v) is 5.12. The van der Waals surface area contributed by atoms with Gasteiger partial charge in [0.25, 0.3) is 5.91 Å². The molecule has 0 aliphatic carbocycles. The van der Waals surface area contributed by atoms with E-state index >= 15 is 0 Å². The number of nitrogens with zero attached hydrogens (tertiary/aromatic N) is 1. The predicted molar refractivity (Wildman–Crippen MR) is 77.3 cm³/mol. The summed E-state index contributed by atoms with van der Waals surface area (Å²) in [6.45, 7) is 3.96. The average Bonchev–Trinajstić information content (AvgIpc) is 2.37. The highest BCUT2D eigenvalue weighted by molar-refractivity contribution is 6.30. The van der Waals surface area contributed by atoms with E-state index in [0.29, 0.717) is 10.6 Å². The van der Waals surface area contributed by atoms with E-state index in [0.717, 1.165) is 16.8 Å². The molecule has 98 valence electrons. The van der Waals surface area contributed by atoms with Gasteiger partial charge < -0.3 is 5.73 Å². The lowest BCUT2D eigenvalue weighted by Gasteiger charge is -2.11. The fraction of sp³-hybridized carbons (Fsp3) is 0.200. The van der Waals surface area contributed by atoms with Crippen molar-refractivity contribution in [3.8, 4) is 11.1 Å². The summed E-state index contributed by atoms with van der Waals surface area (Å²) >= 11 is 5.97. The Morgan fingerprint density at radius 1 is 1.26 bits per heavy atom. The van der Waals surface area contributed by atoms with Crippen molar-refractivity contribution < 1.29 is 4.79 Å². The topological polar surface area (TPSA) is 56.0 Å². The molecule has 2 aromatic rings. The number of rotatable bonds is 3. The van der Waals surface area contributed by atoms with E-state index in [4.69, 9.17) is 17.3 Å². The van der Waals surface area contributed by atoms with Crippen molar-refractivity contribution in [3.63, 3.8) is 0 Å². The normalized spacial score (nSPS) is 10.7. The summed E-state index contributed by atoms with van der Waals surface area (Å²) in [6, 6.07) is 9.19. The van der Waals surface area contributed by atoms with Crippen molar-refractivity contribution in [3.05, 3.63) is 52.8 Å². The fourth-order valence-electron chi connectivity index (χ4n) is 1.96.